The van der Waals surface area contributed by atoms with Crippen LogP contribution in [-0.4, -0.2) is 10.1 Å². The van der Waals surface area contributed by atoms with Gasteiger partial charge in [-0.05, 0) is 29.8 Å². The highest BCUT2D eigenvalue weighted by Gasteiger charge is 2.09. The molecular weight excluding hydrogens is 299 g/mol. The summed E-state index contributed by atoms with van der Waals surface area (Å²) in [6.45, 7) is 0.349. The fourth-order valence-electron chi connectivity index (χ4n) is 2.00. The summed E-state index contributed by atoms with van der Waals surface area (Å²) in [5.74, 6) is -0.570. The van der Waals surface area contributed by atoms with Crippen LogP contribution in [0.3, 0.4) is 0 Å². The Morgan fingerprint density at radius 1 is 1.30 bits per heavy atom. The number of phenols is 1. The number of benzene rings is 2. The Hall–Kier alpha value is -1.85. The van der Waals surface area contributed by atoms with Crippen LogP contribution in [0.5, 0.6) is 5.75 Å². The summed E-state index contributed by atoms with van der Waals surface area (Å²) in [7, 11) is 0. The minimum atomic E-state index is -0.472. The molecule has 0 fully saturated rings. The van der Waals surface area contributed by atoms with E-state index in [0.717, 1.165) is 16.3 Å². The first-order valence-corrected chi connectivity index (χ1v) is 7.13. The van der Waals surface area contributed by atoms with Crippen molar-refractivity contribution in [2.45, 2.75) is 6.54 Å². The highest BCUT2D eigenvalue weighted by Crippen LogP contribution is 2.32. The van der Waals surface area contributed by atoms with Gasteiger partial charge in [0.15, 0.2) is 0 Å². The molecule has 0 saturated heterocycles. The van der Waals surface area contributed by atoms with Gasteiger partial charge in [-0.15, -0.1) is 11.3 Å². The van der Waals surface area contributed by atoms with Crippen molar-refractivity contribution in [3.05, 3.63) is 52.2 Å². The van der Waals surface area contributed by atoms with Crippen LogP contribution in [0.2, 0.25) is 5.02 Å². The molecule has 0 aliphatic carbocycles. The van der Waals surface area contributed by atoms with Crippen LogP contribution < -0.4 is 5.32 Å². The van der Waals surface area contributed by atoms with Gasteiger partial charge >= 0.3 is 0 Å². The van der Waals surface area contributed by atoms with E-state index >= 15 is 0 Å². The number of halogens is 2. The van der Waals surface area contributed by atoms with Crippen LogP contribution in [0.4, 0.5) is 10.1 Å². The van der Waals surface area contributed by atoms with Crippen LogP contribution in [0.15, 0.2) is 35.8 Å². The lowest BCUT2D eigenvalue weighted by molar-refractivity contribution is 0.468. The Kier molecular flexibility index (Phi) is 3.46. The Balaban J connectivity index is 1.90. The topological polar surface area (TPSA) is 45.1 Å². The minimum Gasteiger partial charge on any atom is -0.508 e. The van der Waals surface area contributed by atoms with Crippen LogP contribution in [0, 0.1) is 5.82 Å². The van der Waals surface area contributed by atoms with Gasteiger partial charge in [-0.2, -0.15) is 0 Å². The zero-order chi connectivity index (χ0) is 14.1. The third-order valence-electron chi connectivity index (χ3n) is 2.86. The smallest absolute Gasteiger partial charge is 0.127 e. The van der Waals surface area contributed by atoms with Crippen LogP contribution in [0.1, 0.15) is 5.56 Å². The Bertz CT molecular complexity index is 755. The van der Waals surface area contributed by atoms with Crippen molar-refractivity contribution in [2.24, 2.45) is 0 Å². The van der Waals surface area contributed by atoms with E-state index in [1.807, 2.05) is 6.07 Å². The second-order valence-electron chi connectivity index (χ2n) is 4.29. The standard InChI is InChI=1S/C14H10ClFN2OS/c15-11-1-2-12-14(18-7-20-12)13(11)17-6-8-3-9(16)5-10(19)4-8/h1-5,7,17,19H,6H2. The van der Waals surface area contributed by atoms with Crippen molar-refractivity contribution in [2.75, 3.05) is 5.32 Å². The maximum absolute atomic E-state index is 13.2. The molecule has 0 aliphatic heterocycles. The van der Waals surface area contributed by atoms with Gasteiger partial charge in [-0.3, -0.25) is 0 Å². The van der Waals surface area contributed by atoms with E-state index in [0.29, 0.717) is 22.8 Å². The van der Waals surface area contributed by atoms with E-state index in [1.165, 1.54) is 23.5 Å². The number of nitrogens with zero attached hydrogens (tertiary/aromatic N) is 1. The molecule has 0 unspecified atom stereocenters. The molecule has 1 heterocycles. The number of fused-ring (bicyclic) bond motifs is 1. The number of hydrogen-bond acceptors (Lipinski definition) is 4. The summed E-state index contributed by atoms with van der Waals surface area (Å²) in [5.41, 5.74) is 3.89. The summed E-state index contributed by atoms with van der Waals surface area (Å²) in [4.78, 5) is 4.27. The van der Waals surface area contributed by atoms with Gasteiger partial charge < -0.3 is 10.4 Å². The number of phenolic OH excluding ortho intramolecular Hbond substituents is 1. The average Bonchev–Trinajstić information content (AvgIpc) is 2.85. The molecule has 0 aliphatic rings. The maximum atomic E-state index is 13.2. The van der Waals surface area contributed by atoms with Crippen LogP contribution >= 0.6 is 22.9 Å². The molecule has 0 bridgehead atoms. The number of aromatic nitrogens is 1. The summed E-state index contributed by atoms with van der Waals surface area (Å²) in [6.07, 6.45) is 0. The van der Waals surface area contributed by atoms with E-state index in [-0.39, 0.29) is 5.75 Å². The number of aromatic hydroxyl groups is 1. The summed E-state index contributed by atoms with van der Waals surface area (Å²) in [6, 6.07) is 7.65. The number of anilines is 1. The van der Waals surface area contributed by atoms with Crippen molar-refractivity contribution < 1.29 is 9.50 Å². The Morgan fingerprint density at radius 3 is 2.95 bits per heavy atom. The second-order valence-corrected chi connectivity index (χ2v) is 5.59. The summed E-state index contributed by atoms with van der Waals surface area (Å²) in [5, 5.41) is 13.1. The highest BCUT2D eigenvalue weighted by atomic mass is 35.5. The predicted molar refractivity (Wildman–Crippen MR) is 80.0 cm³/mol. The van der Waals surface area contributed by atoms with E-state index < -0.39 is 5.82 Å². The van der Waals surface area contributed by atoms with Gasteiger partial charge in [0.2, 0.25) is 0 Å². The normalized spacial score (nSPS) is 10.9. The molecule has 3 rings (SSSR count). The first-order chi connectivity index (χ1) is 9.63. The molecule has 2 aromatic carbocycles. The molecule has 6 heteroatoms. The summed E-state index contributed by atoms with van der Waals surface area (Å²) < 4.78 is 14.2. The zero-order valence-corrected chi connectivity index (χ0v) is 11.8. The SMILES string of the molecule is Oc1cc(F)cc(CNc2c(Cl)ccc3scnc23)c1. The van der Waals surface area contributed by atoms with Crippen molar-refractivity contribution in [1.82, 2.24) is 4.98 Å². The number of rotatable bonds is 3. The van der Waals surface area contributed by atoms with Gasteiger partial charge in [-0.25, -0.2) is 9.37 Å². The third kappa shape index (κ3) is 2.55. The van der Waals surface area contributed by atoms with Gasteiger partial charge in [0.25, 0.3) is 0 Å². The van der Waals surface area contributed by atoms with E-state index in [2.05, 4.69) is 10.3 Å². The maximum Gasteiger partial charge on any atom is 0.127 e. The monoisotopic (exact) mass is 308 g/mol. The summed E-state index contributed by atoms with van der Waals surface area (Å²) >= 11 is 7.69. The van der Waals surface area contributed by atoms with Crippen molar-refractivity contribution in [3.8, 4) is 5.75 Å². The van der Waals surface area contributed by atoms with Gasteiger partial charge in [0.1, 0.15) is 17.1 Å². The average molecular weight is 309 g/mol. The van der Waals surface area contributed by atoms with Gasteiger partial charge in [-0.1, -0.05) is 11.6 Å². The molecule has 0 atom stereocenters. The van der Waals surface area contributed by atoms with E-state index in [9.17, 15) is 9.50 Å². The number of hydrogen-bond donors (Lipinski definition) is 2. The number of thiazole rings is 1. The highest BCUT2D eigenvalue weighted by molar-refractivity contribution is 7.16. The fraction of sp³-hybridized carbons (Fsp3) is 0.0714. The lowest BCUT2D eigenvalue weighted by Crippen LogP contribution is -2.01. The van der Waals surface area contributed by atoms with Gasteiger partial charge in [0, 0.05) is 12.6 Å². The lowest BCUT2D eigenvalue weighted by atomic mass is 10.2. The first-order valence-electron chi connectivity index (χ1n) is 5.87. The molecule has 0 amide bonds. The molecule has 3 nitrogen and oxygen atoms in total. The first kappa shape index (κ1) is 13.1. The predicted octanol–water partition coefficient (Wildman–Crippen LogP) is 4.41. The Labute approximate surface area is 123 Å². The van der Waals surface area contributed by atoms with E-state index in [1.54, 1.807) is 11.6 Å². The molecule has 102 valence electrons. The van der Waals surface area contributed by atoms with Gasteiger partial charge in [0.05, 0.1) is 20.9 Å². The van der Waals surface area contributed by atoms with Crippen LogP contribution in [0.25, 0.3) is 10.2 Å². The molecule has 0 saturated carbocycles. The molecule has 0 spiro atoms. The van der Waals surface area contributed by atoms with Crippen LogP contribution in [-0.2, 0) is 6.54 Å². The molecule has 3 aromatic rings. The minimum absolute atomic E-state index is 0.0974. The van der Waals surface area contributed by atoms with Crippen molar-refractivity contribution >= 4 is 38.8 Å². The molecule has 1 aromatic heterocycles. The molecule has 2 N–H and O–H groups in total. The Morgan fingerprint density at radius 2 is 2.15 bits per heavy atom. The molecule has 0 radical (unpaired) electrons. The third-order valence-corrected chi connectivity index (χ3v) is 3.97. The van der Waals surface area contributed by atoms with Crippen molar-refractivity contribution in [3.63, 3.8) is 0 Å². The largest absolute Gasteiger partial charge is 0.508 e. The molecule has 20 heavy (non-hydrogen) atoms. The molecular formula is C14H10ClFN2OS. The second kappa shape index (κ2) is 5.26. The number of nitrogens with one attached hydrogen (secondary N) is 1. The van der Waals surface area contributed by atoms with Crippen molar-refractivity contribution in [1.29, 1.82) is 0 Å². The van der Waals surface area contributed by atoms with E-state index in [4.69, 9.17) is 11.6 Å². The fourth-order valence-corrected chi connectivity index (χ4v) is 2.90. The quantitative estimate of drug-likeness (QED) is 0.753. The zero-order valence-electron chi connectivity index (χ0n) is 10.2. The lowest BCUT2D eigenvalue weighted by Gasteiger charge is -2.09.